The monoisotopic (exact) mass is 602 g/mol. The Bertz CT molecular complexity index is 1850. The number of hydrogen-bond donors (Lipinski definition) is 2. The number of ether oxygens (including phenoxy) is 4. The molecule has 226 valence electrons. The van der Waals surface area contributed by atoms with Gasteiger partial charge in [0, 0.05) is 47.9 Å². The van der Waals surface area contributed by atoms with Crippen molar-refractivity contribution in [3.05, 3.63) is 89.4 Å². The number of fused-ring (bicyclic) bond motifs is 1. The van der Waals surface area contributed by atoms with Crippen LogP contribution in [0.1, 0.15) is 28.7 Å². The van der Waals surface area contributed by atoms with Gasteiger partial charge in [-0.05, 0) is 43.7 Å². The molecule has 0 aliphatic heterocycles. The summed E-state index contributed by atoms with van der Waals surface area (Å²) >= 11 is 0. The predicted octanol–water partition coefficient (Wildman–Crippen LogP) is 6.58. The largest absolute Gasteiger partial charge is 0.506 e. The van der Waals surface area contributed by atoms with E-state index in [-0.39, 0.29) is 52.2 Å². The first-order chi connectivity index (χ1) is 21.2. The van der Waals surface area contributed by atoms with Gasteiger partial charge in [-0.3, -0.25) is 14.8 Å². The van der Waals surface area contributed by atoms with Crippen LogP contribution < -0.4 is 19.5 Å². The summed E-state index contributed by atoms with van der Waals surface area (Å²) in [6.07, 6.45) is 1.49. The number of aryl methyl sites for hydroxylation is 1. The van der Waals surface area contributed by atoms with Crippen LogP contribution in [0.2, 0.25) is 0 Å². The molecule has 2 N–H and O–H groups in total. The number of hydrogen-bond acceptors (Lipinski definition) is 9. The van der Waals surface area contributed by atoms with Crippen LogP contribution in [-0.2, 0) is 11.3 Å². The Labute approximate surface area is 251 Å². The van der Waals surface area contributed by atoms with E-state index >= 15 is 4.39 Å². The quantitative estimate of drug-likeness (QED) is 0.182. The molecular formula is C32H28F2N4O6. The van der Waals surface area contributed by atoms with E-state index in [2.05, 4.69) is 20.3 Å². The van der Waals surface area contributed by atoms with Crippen LogP contribution in [0, 0.1) is 18.6 Å². The molecule has 1 amide bonds. The first-order valence-electron chi connectivity index (χ1n) is 13.5. The number of amides is 1. The third-order valence-corrected chi connectivity index (χ3v) is 6.66. The van der Waals surface area contributed by atoms with Gasteiger partial charge in [-0.15, -0.1) is 0 Å². The normalized spacial score (nSPS) is 11.0. The van der Waals surface area contributed by atoms with Gasteiger partial charge in [-0.1, -0.05) is 12.1 Å². The number of pyridine rings is 3. The van der Waals surface area contributed by atoms with Crippen LogP contribution in [0.25, 0.3) is 22.2 Å². The highest BCUT2D eigenvalue weighted by Gasteiger charge is 2.25. The molecule has 44 heavy (non-hydrogen) atoms. The van der Waals surface area contributed by atoms with E-state index in [0.29, 0.717) is 34.6 Å². The van der Waals surface area contributed by atoms with Crippen LogP contribution in [0.3, 0.4) is 0 Å². The Balaban J connectivity index is 1.45. The van der Waals surface area contributed by atoms with Crippen molar-refractivity contribution in [2.45, 2.75) is 20.5 Å². The van der Waals surface area contributed by atoms with Gasteiger partial charge < -0.3 is 29.4 Å². The van der Waals surface area contributed by atoms with Crippen LogP contribution in [0.15, 0.2) is 60.8 Å². The molecule has 0 atom stereocenters. The molecule has 5 aromatic rings. The SMILES string of the molecule is CCOCc1nc(C)c(-c2ccc(F)cc2)c(O)c1C(=O)Nc1ccc(Oc2ccnc3cc(OC)c(OC)nc23)c(F)c1. The molecular weight excluding hydrogens is 574 g/mol. The van der Waals surface area contributed by atoms with Gasteiger partial charge in [0.1, 0.15) is 22.6 Å². The number of benzene rings is 2. The summed E-state index contributed by atoms with van der Waals surface area (Å²) in [5.74, 6) is -1.67. The molecule has 3 heterocycles. The van der Waals surface area contributed by atoms with Crippen LogP contribution in [-0.4, -0.2) is 46.8 Å². The Morgan fingerprint density at radius 2 is 1.73 bits per heavy atom. The topological polar surface area (TPSA) is 125 Å². The van der Waals surface area contributed by atoms with Crippen LogP contribution in [0.5, 0.6) is 28.9 Å². The lowest BCUT2D eigenvalue weighted by atomic mass is 9.98. The van der Waals surface area contributed by atoms with Crippen molar-refractivity contribution < 1.29 is 37.6 Å². The zero-order chi connectivity index (χ0) is 31.4. The number of methoxy groups -OCH3 is 2. The highest BCUT2D eigenvalue weighted by Crippen LogP contribution is 2.38. The summed E-state index contributed by atoms with van der Waals surface area (Å²) in [6, 6.07) is 12.5. The summed E-state index contributed by atoms with van der Waals surface area (Å²) in [5, 5.41) is 13.9. The molecule has 0 spiro atoms. The summed E-state index contributed by atoms with van der Waals surface area (Å²) in [5.41, 5.74) is 2.04. The highest BCUT2D eigenvalue weighted by molar-refractivity contribution is 6.08. The molecule has 10 nitrogen and oxygen atoms in total. The summed E-state index contributed by atoms with van der Waals surface area (Å²) in [4.78, 5) is 26.6. The highest BCUT2D eigenvalue weighted by atomic mass is 19.1. The number of anilines is 1. The number of aromatic hydroxyl groups is 1. The fraction of sp³-hybridized carbons (Fsp3) is 0.188. The van der Waals surface area contributed by atoms with Crippen LogP contribution >= 0.6 is 0 Å². The van der Waals surface area contributed by atoms with Gasteiger partial charge in [-0.25, -0.2) is 13.8 Å². The van der Waals surface area contributed by atoms with Crippen molar-refractivity contribution in [2.24, 2.45) is 0 Å². The van der Waals surface area contributed by atoms with Crippen molar-refractivity contribution in [1.29, 1.82) is 0 Å². The third-order valence-electron chi connectivity index (χ3n) is 6.66. The van der Waals surface area contributed by atoms with E-state index in [4.69, 9.17) is 18.9 Å². The number of carbonyl (C=O) groups is 1. The predicted molar refractivity (Wildman–Crippen MR) is 158 cm³/mol. The van der Waals surface area contributed by atoms with E-state index in [1.807, 2.05) is 0 Å². The number of halogens is 2. The van der Waals surface area contributed by atoms with Gasteiger partial charge in [0.15, 0.2) is 23.1 Å². The van der Waals surface area contributed by atoms with Gasteiger partial charge >= 0.3 is 0 Å². The smallest absolute Gasteiger partial charge is 0.261 e. The van der Waals surface area contributed by atoms with Gasteiger partial charge in [-0.2, -0.15) is 0 Å². The molecule has 0 saturated heterocycles. The Kier molecular flexibility index (Phi) is 8.81. The Morgan fingerprint density at radius 3 is 2.41 bits per heavy atom. The lowest BCUT2D eigenvalue weighted by Gasteiger charge is -2.17. The van der Waals surface area contributed by atoms with Gasteiger partial charge in [0.05, 0.1) is 32.0 Å². The third kappa shape index (κ3) is 6.06. The second-order valence-electron chi connectivity index (χ2n) is 9.46. The fourth-order valence-electron chi connectivity index (χ4n) is 4.61. The average Bonchev–Trinajstić information content (AvgIpc) is 3.01. The van der Waals surface area contributed by atoms with E-state index < -0.39 is 17.5 Å². The molecule has 0 aliphatic carbocycles. The van der Waals surface area contributed by atoms with Crippen molar-refractivity contribution in [2.75, 3.05) is 26.1 Å². The molecule has 0 radical (unpaired) electrons. The zero-order valence-corrected chi connectivity index (χ0v) is 24.3. The summed E-state index contributed by atoms with van der Waals surface area (Å²) in [6.45, 7) is 3.74. The minimum atomic E-state index is -0.777. The first-order valence-corrected chi connectivity index (χ1v) is 13.5. The molecule has 0 fully saturated rings. The number of aromatic nitrogens is 3. The van der Waals surface area contributed by atoms with Gasteiger partial charge in [0.2, 0.25) is 0 Å². The van der Waals surface area contributed by atoms with E-state index in [1.54, 1.807) is 19.9 Å². The average molecular weight is 603 g/mol. The molecule has 3 aromatic heterocycles. The van der Waals surface area contributed by atoms with Gasteiger partial charge in [0.25, 0.3) is 11.8 Å². The standard InChI is InChI=1S/C32H28F2N4O6/c1-5-43-16-23-28(30(39)27(17(2)36-23)18-6-8-19(33)9-7-18)31(40)37-20-10-11-24(21(34)14-20)44-25-12-13-35-22-15-26(41-3)32(42-4)38-29(22)25/h6-15H,5,16H2,1-4H3,(H,36,39)(H,37,40). The Hall–Kier alpha value is -5.36. The molecule has 0 bridgehead atoms. The summed E-state index contributed by atoms with van der Waals surface area (Å²) < 4.78 is 50.7. The number of nitrogens with one attached hydrogen (secondary N) is 1. The molecule has 0 aliphatic rings. The molecule has 2 aromatic carbocycles. The summed E-state index contributed by atoms with van der Waals surface area (Å²) in [7, 11) is 2.92. The lowest BCUT2D eigenvalue weighted by molar-refractivity contribution is 0.100. The minimum absolute atomic E-state index is 0.0525. The van der Waals surface area contributed by atoms with Crippen LogP contribution in [0.4, 0.5) is 14.5 Å². The second kappa shape index (κ2) is 12.9. The number of carbonyl (C=O) groups excluding carboxylic acids is 1. The van der Waals surface area contributed by atoms with E-state index in [9.17, 15) is 14.3 Å². The maximum Gasteiger partial charge on any atom is 0.261 e. The maximum atomic E-state index is 15.3. The molecule has 0 saturated carbocycles. The zero-order valence-electron chi connectivity index (χ0n) is 24.3. The molecule has 5 rings (SSSR count). The minimum Gasteiger partial charge on any atom is -0.506 e. The van der Waals surface area contributed by atoms with Crippen molar-refractivity contribution in [1.82, 2.24) is 15.0 Å². The number of nitrogens with zero attached hydrogens (tertiary/aromatic N) is 3. The Morgan fingerprint density at radius 1 is 0.955 bits per heavy atom. The van der Waals surface area contributed by atoms with Crippen molar-refractivity contribution in [3.63, 3.8) is 0 Å². The second-order valence-corrected chi connectivity index (χ2v) is 9.46. The fourth-order valence-corrected chi connectivity index (χ4v) is 4.61. The van der Waals surface area contributed by atoms with Crippen molar-refractivity contribution >= 4 is 22.6 Å². The van der Waals surface area contributed by atoms with Crippen molar-refractivity contribution in [3.8, 4) is 40.0 Å². The molecule has 12 heteroatoms. The maximum absolute atomic E-state index is 15.3. The van der Waals surface area contributed by atoms with E-state index in [1.165, 1.54) is 62.9 Å². The lowest BCUT2D eigenvalue weighted by Crippen LogP contribution is -2.17. The molecule has 0 unspecified atom stereocenters. The van der Waals surface area contributed by atoms with E-state index in [0.717, 1.165) is 6.07 Å². The first kappa shape index (κ1) is 30.1. The number of rotatable bonds is 10.